The molecule has 6 nitrogen and oxygen atoms in total. The van der Waals surface area contributed by atoms with Crippen LogP contribution in [0.5, 0.6) is 6.01 Å². The van der Waals surface area contributed by atoms with Crippen molar-refractivity contribution in [3.63, 3.8) is 0 Å². The van der Waals surface area contributed by atoms with E-state index in [1.165, 1.54) is 0 Å². The standard InChI is InChI=1S/C23H26ClN3O3/c1-23(2,3)30-22(28)26-13-12-18(15-26)29-21-25-19-6-4-5-7-20(19)27(21)14-16-8-10-17(24)11-9-16/h4-11,18H,12-15H2,1-3H3/t18-/m0/s1. The predicted molar refractivity (Wildman–Crippen MR) is 117 cm³/mol. The minimum Gasteiger partial charge on any atom is -0.459 e. The average Bonchev–Trinajstić information content (AvgIpc) is 3.28. The third-order valence-electron chi connectivity index (χ3n) is 4.94. The van der Waals surface area contributed by atoms with Gasteiger partial charge in [-0.05, 0) is 50.6 Å². The summed E-state index contributed by atoms with van der Waals surface area (Å²) >= 11 is 6.03. The van der Waals surface area contributed by atoms with Crippen molar-refractivity contribution < 1.29 is 14.3 Å². The van der Waals surface area contributed by atoms with Crippen molar-refractivity contribution in [1.29, 1.82) is 0 Å². The Labute approximate surface area is 181 Å². The molecular weight excluding hydrogens is 402 g/mol. The van der Waals surface area contributed by atoms with E-state index < -0.39 is 5.60 Å². The van der Waals surface area contributed by atoms with Crippen molar-refractivity contribution in [2.45, 2.75) is 45.4 Å². The van der Waals surface area contributed by atoms with Crippen LogP contribution in [0.15, 0.2) is 48.5 Å². The first-order valence-electron chi connectivity index (χ1n) is 10.1. The molecule has 0 spiro atoms. The number of halogens is 1. The van der Waals surface area contributed by atoms with Crippen molar-refractivity contribution in [2.75, 3.05) is 13.1 Å². The Balaban J connectivity index is 1.53. The highest BCUT2D eigenvalue weighted by molar-refractivity contribution is 6.30. The minimum atomic E-state index is -0.511. The van der Waals surface area contributed by atoms with Gasteiger partial charge >= 0.3 is 6.09 Å². The van der Waals surface area contributed by atoms with E-state index in [0.29, 0.717) is 30.7 Å². The molecule has 1 saturated heterocycles. The lowest BCUT2D eigenvalue weighted by Crippen LogP contribution is -2.36. The Hall–Kier alpha value is -2.73. The van der Waals surface area contributed by atoms with Crippen LogP contribution >= 0.6 is 11.6 Å². The van der Waals surface area contributed by atoms with Gasteiger partial charge in [0.1, 0.15) is 11.7 Å². The molecule has 1 atom stereocenters. The summed E-state index contributed by atoms with van der Waals surface area (Å²) in [7, 11) is 0. The van der Waals surface area contributed by atoms with Gasteiger partial charge in [0.15, 0.2) is 0 Å². The number of fused-ring (bicyclic) bond motifs is 1. The summed E-state index contributed by atoms with van der Waals surface area (Å²) in [6.07, 6.45) is 0.310. The zero-order valence-corrected chi connectivity index (χ0v) is 18.2. The molecule has 2 heterocycles. The number of likely N-dealkylation sites (tertiary alicyclic amines) is 1. The fraction of sp³-hybridized carbons (Fsp3) is 0.391. The normalized spacial score (nSPS) is 16.8. The second-order valence-corrected chi connectivity index (χ2v) is 8.99. The topological polar surface area (TPSA) is 56.6 Å². The predicted octanol–water partition coefficient (Wildman–Crippen LogP) is 5.13. The van der Waals surface area contributed by atoms with Crippen LogP contribution in [-0.2, 0) is 11.3 Å². The maximum absolute atomic E-state index is 12.4. The number of amides is 1. The number of aromatic nitrogens is 2. The lowest BCUT2D eigenvalue weighted by molar-refractivity contribution is 0.0273. The first kappa shape index (κ1) is 20.5. The molecule has 158 valence electrons. The summed E-state index contributed by atoms with van der Waals surface area (Å²) in [5.74, 6) is 0. The number of hydrogen-bond donors (Lipinski definition) is 0. The summed E-state index contributed by atoms with van der Waals surface area (Å²) in [6, 6.07) is 16.3. The number of hydrogen-bond acceptors (Lipinski definition) is 4. The van der Waals surface area contributed by atoms with Crippen LogP contribution in [0.3, 0.4) is 0 Å². The van der Waals surface area contributed by atoms with Crippen molar-refractivity contribution >= 4 is 28.7 Å². The first-order chi connectivity index (χ1) is 14.3. The highest BCUT2D eigenvalue weighted by Gasteiger charge is 2.31. The van der Waals surface area contributed by atoms with Gasteiger partial charge in [0.05, 0.1) is 24.1 Å². The van der Waals surface area contributed by atoms with Crippen LogP contribution in [0.4, 0.5) is 4.79 Å². The Bertz CT molecular complexity index is 1040. The molecular formula is C23H26ClN3O3. The Morgan fingerprint density at radius 3 is 2.63 bits per heavy atom. The van der Waals surface area contributed by atoms with E-state index >= 15 is 0 Å². The highest BCUT2D eigenvalue weighted by atomic mass is 35.5. The summed E-state index contributed by atoms with van der Waals surface area (Å²) in [5, 5.41) is 0.707. The molecule has 1 amide bonds. The van der Waals surface area contributed by atoms with Gasteiger partial charge in [-0.15, -0.1) is 0 Å². The lowest BCUT2D eigenvalue weighted by Gasteiger charge is -2.24. The van der Waals surface area contributed by atoms with E-state index in [4.69, 9.17) is 26.1 Å². The molecule has 3 aromatic rings. The maximum Gasteiger partial charge on any atom is 0.410 e. The second-order valence-electron chi connectivity index (χ2n) is 8.55. The largest absolute Gasteiger partial charge is 0.459 e. The van der Waals surface area contributed by atoms with E-state index in [9.17, 15) is 4.79 Å². The number of carbonyl (C=O) groups is 1. The van der Waals surface area contributed by atoms with Gasteiger partial charge in [0.25, 0.3) is 6.01 Å². The Morgan fingerprint density at radius 1 is 1.17 bits per heavy atom. The van der Waals surface area contributed by atoms with Crippen LogP contribution < -0.4 is 4.74 Å². The zero-order valence-electron chi connectivity index (χ0n) is 17.5. The summed E-state index contributed by atoms with van der Waals surface area (Å²) < 4.78 is 13.8. The van der Waals surface area contributed by atoms with Gasteiger partial charge in [0.2, 0.25) is 0 Å². The molecule has 0 bridgehead atoms. The van der Waals surface area contributed by atoms with Gasteiger partial charge in [-0.2, -0.15) is 4.98 Å². The fourth-order valence-corrected chi connectivity index (χ4v) is 3.66. The van der Waals surface area contributed by atoms with Gasteiger partial charge in [-0.3, -0.25) is 4.57 Å². The number of rotatable bonds is 4. The van der Waals surface area contributed by atoms with E-state index in [1.807, 2.05) is 69.3 Å². The molecule has 2 aromatic carbocycles. The second kappa shape index (κ2) is 8.19. The third-order valence-corrected chi connectivity index (χ3v) is 5.19. The van der Waals surface area contributed by atoms with Gasteiger partial charge in [-0.25, -0.2) is 4.79 Å². The molecule has 1 fully saturated rings. The maximum atomic E-state index is 12.4. The van der Waals surface area contributed by atoms with Crippen molar-refractivity contribution in [3.05, 3.63) is 59.1 Å². The molecule has 0 saturated carbocycles. The Morgan fingerprint density at radius 2 is 1.90 bits per heavy atom. The van der Waals surface area contributed by atoms with E-state index in [0.717, 1.165) is 23.0 Å². The van der Waals surface area contributed by atoms with E-state index in [2.05, 4.69) is 4.57 Å². The average molecular weight is 428 g/mol. The third kappa shape index (κ3) is 4.70. The van der Waals surface area contributed by atoms with E-state index in [1.54, 1.807) is 4.90 Å². The number of ether oxygens (including phenoxy) is 2. The van der Waals surface area contributed by atoms with Crippen molar-refractivity contribution in [2.24, 2.45) is 0 Å². The fourth-order valence-electron chi connectivity index (χ4n) is 3.53. The molecule has 1 aromatic heterocycles. The molecule has 7 heteroatoms. The van der Waals surface area contributed by atoms with Crippen molar-refractivity contribution in [3.8, 4) is 6.01 Å². The van der Waals surface area contributed by atoms with Crippen LogP contribution in [0.25, 0.3) is 11.0 Å². The van der Waals surface area contributed by atoms with Crippen LogP contribution in [-0.4, -0.2) is 45.3 Å². The number of para-hydroxylation sites is 2. The lowest BCUT2D eigenvalue weighted by atomic mass is 10.2. The van der Waals surface area contributed by atoms with Crippen LogP contribution in [0.1, 0.15) is 32.8 Å². The number of nitrogens with zero attached hydrogens (tertiary/aromatic N) is 3. The first-order valence-corrected chi connectivity index (χ1v) is 10.5. The quantitative estimate of drug-likeness (QED) is 0.579. The number of imidazole rings is 1. The summed E-state index contributed by atoms with van der Waals surface area (Å²) in [4.78, 5) is 18.7. The molecule has 0 unspecified atom stereocenters. The number of carbonyl (C=O) groups excluding carboxylic acids is 1. The minimum absolute atomic E-state index is 0.127. The molecule has 1 aliphatic rings. The van der Waals surface area contributed by atoms with Gasteiger partial charge in [0, 0.05) is 18.0 Å². The molecule has 0 N–H and O–H groups in total. The molecule has 4 rings (SSSR count). The molecule has 0 radical (unpaired) electrons. The molecule has 30 heavy (non-hydrogen) atoms. The summed E-state index contributed by atoms with van der Waals surface area (Å²) in [6.45, 7) is 7.32. The molecule has 0 aliphatic carbocycles. The van der Waals surface area contributed by atoms with Crippen LogP contribution in [0.2, 0.25) is 5.02 Å². The number of benzene rings is 2. The Kier molecular flexibility index (Phi) is 5.60. The van der Waals surface area contributed by atoms with Crippen molar-refractivity contribution in [1.82, 2.24) is 14.5 Å². The van der Waals surface area contributed by atoms with Crippen LogP contribution in [0, 0.1) is 0 Å². The summed E-state index contributed by atoms with van der Waals surface area (Å²) in [5.41, 5.74) is 2.48. The molecule has 1 aliphatic heterocycles. The highest BCUT2D eigenvalue weighted by Crippen LogP contribution is 2.26. The zero-order chi connectivity index (χ0) is 21.3. The smallest absolute Gasteiger partial charge is 0.410 e. The van der Waals surface area contributed by atoms with Gasteiger partial charge < -0.3 is 14.4 Å². The SMILES string of the molecule is CC(C)(C)OC(=O)N1CC[C@H](Oc2nc3ccccc3n2Cc2ccc(Cl)cc2)C1. The monoisotopic (exact) mass is 427 g/mol. The van der Waals surface area contributed by atoms with E-state index in [-0.39, 0.29) is 12.2 Å². The van der Waals surface area contributed by atoms with Gasteiger partial charge in [-0.1, -0.05) is 35.9 Å².